The summed E-state index contributed by atoms with van der Waals surface area (Å²) in [5.74, 6) is 0.914. The van der Waals surface area contributed by atoms with Crippen LogP contribution in [0.4, 0.5) is 4.79 Å². The number of urea groups is 1. The third-order valence-electron chi connectivity index (χ3n) is 6.08. The van der Waals surface area contributed by atoms with E-state index in [2.05, 4.69) is 41.3 Å². The zero-order valence-corrected chi connectivity index (χ0v) is 17.9. The van der Waals surface area contributed by atoms with E-state index in [4.69, 9.17) is 4.98 Å². The van der Waals surface area contributed by atoms with Crippen LogP contribution in [0.3, 0.4) is 0 Å². The van der Waals surface area contributed by atoms with Crippen molar-refractivity contribution in [2.45, 2.75) is 65.0 Å². The summed E-state index contributed by atoms with van der Waals surface area (Å²) in [6.45, 7) is 5.37. The van der Waals surface area contributed by atoms with E-state index in [0.717, 1.165) is 35.3 Å². The number of benzene rings is 1. The highest BCUT2D eigenvalue weighted by Gasteiger charge is 2.20. The molecule has 3 aromatic rings. The van der Waals surface area contributed by atoms with Crippen molar-refractivity contribution in [1.29, 1.82) is 0 Å². The third-order valence-corrected chi connectivity index (χ3v) is 6.08. The minimum absolute atomic E-state index is 0.00792. The van der Waals surface area contributed by atoms with Crippen LogP contribution in [0.5, 0.6) is 0 Å². The maximum atomic E-state index is 13.1. The predicted octanol–water partition coefficient (Wildman–Crippen LogP) is 4.66. The normalized spacial score (nSPS) is 14.7. The quantitative estimate of drug-likeness (QED) is 0.626. The van der Waals surface area contributed by atoms with E-state index in [1.807, 2.05) is 23.2 Å². The number of carbonyl (C=O) groups is 1. The number of hydrogen-bond acceptors (Lipinski definition) is 3. The number of aromatic nitrogens is 3. The van der Waals surface area contributed by atoms with Gasteiger partial charge in [0.2, 0.25) is 0 Å². The molecule has 0 radical (unpaired) electrons. The Bertz CT molecular complexity index is 953. The monoisotopic (exact) mass is 405 g/mol. The zero-order chi connectivity index (χ0) is 20.9. The second kappa shape index (κ2) is 9.28. The van der Waals surface area contributed by atoms with E-state index in [-0.39, 0.29) is 6.03 Å². The van der Waals surface area contributed by atoms with Crippen molar-refractivity contribution in [2.24, 2.45) is 0 Å². The molecule has 1 aliphatic carbocycles. The fraction of sp³-hybridized carbons (Fsp3) is 0.458. The van der Waals surface area contributed by atoms with Crippen LogP contribution in [0.1, 0.15) is 54.6 Å². The van der Waals surface area contributed by atoms with E-state index >= 15 is 0 Å². The molecular weight excluding hydrogens is 374 g/mol. The molecule has 30 heavy (non-hydrogen) atoms. The molecule has 0 unspecified atom stereocenters. The molecule has 1 fully saturated rings. The number of aryl methyl sites for hydroxylation is 2. The lowest BCUT2D eigenvalue weighted by molar-refractivity contribution is 0.187. The molecule has 1 aromatic carbocycles. The molecule has 2 aromatic heterocycles. The van der Waals surface area contributed by atoms with E-state index in [9.17, 15) is 4.79 Å². The number of aromatic amines is 1. The van der Waals surface area contributed by atoms with Crippen LogP contribution in [0.2, 0.25) is 0 Å². The average Bonchev–Trinajstić information content (AvgIpc) is 3.14. The standard InChI is InChI=1S/C24H31N5O/c1-17-13-21-22(14-18(17)2)28-23(27-21)10-12-29(16-19-7-6-11-25-15-19)24(30)26-20-8-4-3-5-9-20/h6-7,11,13-15,20H,3-5,8-10,12,16H2,1-2H3,(H,26,30)(H,27,28). The van der Waals surface area contributed by atoms with E-state index in [0.29, 0.717) is 25.6 Å². The Morgan fingerprint density at radius 1 is 1.20 bits per heavy atom. The fourth-order valence-corrected chi connectivity index (χ4v) is 4.16. The molecule has 6 nitrogen and oxygen atoms in total. The summed E-state index contributed by atoms with van der Waals surface area (Å²) in [4.78, 5) is 27.3. The van der Waals surface area contributed by atoms with Crippen molar-refractivity contribution in [3.05, 3.63) is 59.2 Å². The van der Waals surface area contributed by atoms with Crippen LogP contribution in [-0.4, -0.2) is 38.5 Å². The van der Waals surface area contributed by atoms with Gasteiger partial charge in [-0.3, -0.25) is 4.98 Å². The van der Waals surface area contributed by atoms with Gasteiger partial charge in [-0.25, -0.2) is 9.78 Å². The van der Waals surface area contributed by atoms with Gasteiger partial charge in [-0.2, -0.15) is 0 Å². The topological polar surface area (TPSA) is 73.9 Å². The van der Waals surface area contributed by atoms with Crippen LogP contribution in [0.25, 0.3) is 11.0 Å². The van der Waals surface area contributed by atoms with Gasteiger partial charge in [0.1, 0.15) is 5.82 Å². The Hall–Kier alpha value is -2.89. The van der Waals surface area contributed by atoms with Gasteiger partial charge in [0.15, 0.2) is 0 Å². The van der Waals surface area contributed by atoms with Gasteiger partial charge in [-0.1, -0.05) is 25.3 Å². The first kappa shape index (κ1) is 20.4. The molecule has 0 spiro atoms. The number of nitrogens with one attached hydrogen (secondary N) is 2. The maximum absolute atomic E-state index is 13.1. The van der Waals surface area contributed by atoms with E-state index in [1.165, 1.54) is 30.4 Å². The van der Waals surface area contributed by atoms with E-state index in [1.54, 1.807) is 6.20 Å². The Kier molecular flexibility index (Phi) is 6.31. The minimum atomic E-state index is 0.00792. The summed E-state index contributed by atoms with van der Waals surface area (Å²) < 4.78 is 0. The van der Waals surface area contributed by atoms with Crippen LogP contribution in [0.15, 0.2) is 36.7 Å². The lowest BCUT2D eigenvalue weighted by Gasteiger charge is -2.28. The van der Waals surface area contributed by atoms with Crippen LogP contribution in [-0.2, 0) is 13.0 Å². The Morgan fingerprint density at radius 3 is 2.77 bits per heavy atom. The summed E-state index contributed by atoms with van der Waals surface area (Å²) in [5.41, 5.74) is 5.57. The number of rotatable bonds is 6. The number of hydrogen-bond donors (Lipinski definition) is 2. The Balaban J connectivity index is 1.46. The number of pyridine rings is 1. The molecule has 1 aliphatic rings. The molecular formula is C24H31N5O. The number of H-pyrrole nitrogens is 1. The van der Waals surface area contributed by atoms with Crippen molar-refractivity contribution in [1.82, 2.24) is 25.2 Å². The number of imidazole rings is 1. The smallest absolute Gasteiger partial charge is 0.317 e. The highest BCUT2D eigenvalue weighted by atomic mass is 16.2. The van der Waals surface area contributed by atoms with Gasteiger partial charge in [-0.15, -0.1) is 0 Å². The van der Waals surface area contributed by atoms with Crippen LogP contribution in [0, 0.1) is 13.8 Å². The van der Waals surface area contributed by atoms with Crippen LogP contribution >= 0.6 is 0 Å². The molecule has 158 valence electrons. The molecule has 0 aliphatic heterocycles. The summed E-state index contributed by atoms with van der Waals surface area (Å²) in [7, 11) is 0. The number of carbonyl (C=O) groups excluding carboxylic acids is 1. The van der Waals surface area contributed by atoms with Gasteiger partial charge >= 0.3 is 6.03 Å². The van der Waals surface area contributed by atoms with Crippen molar-refractivity contribution >= 4 is 17.1 Å². The molecule has 0 atom stereocenters. The SMILES string of the molecule is Cc1cc2nc(CCN(Cc3cccnc3)C(=O)NC3CCCCC3)[nH]c2cc1C. The molecule has 0 bridgehead atoms. The van der Waals surface area contributed by atoms with Crippen molar-refractivity contribution in [3.8, 4) is 0 Å². The van der Waals surface area contributed by atoms with Crippen molar-refractivity contribution in [3.63, 3.8) is 0 Å². The zero-order valence-electron chi connectivity index (χ0n) is 17.9. The molecule has 2 N–H and O–H groups in total. The molecule has 1 saturated carbocycles. The fourth-order valence-electron chi connectivity index (χ4n) is 4.16. The van der Waals surface area contributed by atoms with Gasteiger partial charge in [-0.05, 0) is 61.6 Å². The summed E-state index contributed by atoms with van der Waals surface area (Å²) in [5, 5.41) is 3.25. The molecule has 2 amide bonds. The summed E-state index contributed by atoms with van der Waals surface area (Å²) in [6.07, 6.45) is 10.1. The predicted molar refractivity (Wildman–Crippen MR) is 119 cm³/mol. The van der Waals surface area contributed by atoms with Gasteiger partial charge in [0.05, 0.1) is 11.0 Å². The average molecular weight is 406 g/mol. The van der Waals surface area contributed by atoms with Gasteiger partial charge in [0, 0.05) is 37.9 Å². The lowest BCUT2D eigenvalue weighted by Crippen LogP contribution is -2.45. The van der Waals surface area contributed by atoms with Gasteiger partial charge in [0.25, 0.3) is 0 Å². The highest BCUT2D eigenvalue weighted by molar-refractivity contribution is 5.77. The Morgan fingerprint density at radius 2 is 2.00 bits per heavy atom. The molecule has 0 saturated heterocycles. The van der Waals surface area contributed by atoms with Crippen LogP contribution < -0.4 is 5.32 Å². The molecule has 4 rings (SSSR count). The largest absolute Gasteiger partial charge is 0.342 e. The second-order valence-electron chi connectivity index (χ2n) is 8.45. The first-order valence-electron chi connectivity index (χ1n) is 11.0. The summed E-state index contributed by atoms with van der Waals surface area (Å²) in [6, 6.07) is 8.49. The number of fused-ring (bicyclic) bond motifs is 1. The number of nitrogens with zero attached hydrogens (tertiary/aromatic N) is 3. The highest BCUT2D eigenvalue weighted by Crippen LogP contribution is 2.19. The second-order valence-corrected chi connectivity index (χ2v) is 8.45. The maximum Gasteiger partial charge on any atom is 0.317 e. The summed E-state index contributed by atoms with van der Waals surface area (Å²) >= 11 is 0. The van der Waals surface area contributed by atoms with E-state index < -0.39 is 0 Å². The van der Waals surface area contributed by atoms with Crippen molar-refractivity contribution < 1.29 is 4.79 Å². The molecule has 2 heterocycles. The number of amides is 2. The van der Waals surface area contributed by atoms with Crippen molar-refractivity contribution in [2.75, 3.05) is 6.54 Å². The Labute approximate surface area is 178 Å². The first-order valence-corrected chi connectivity index (χ1v) is 11.0. The molecule has 6 heteroatoms. The third kappa shape index (κ3) is 4.99. The first-order chi connectivity index (χ1) is 14.6. The minimum Gasteiger partial charge on any atom is -0.342 e. The van der Waals surface area contributed by atoms with Gasteiger partial charge < -0.3 is 15.2 Å². The lowest BCUT2D eigenvalue weighted by atomic mass is 9.96.